The van der Waals surface area contributed by atoms with E-state index in [0.29, 0.717) is 12.1 Å². The molecule has 2 rings (SSSR count). The fraction of sp³-hybridized carbons (Fsp3) is 0.214. The van der Waals surface area contributed by atoms with Gasteiger partial charge in [-0.25, -0.2) is 9.18 Å². The van der Waals surface area contributed by atoms with Crippen LogP contribution < -0.4 is 5.32 Å². The number of carbonyl (C=O) groups is 1. The summed E-state index contributed by atoms with van der Waals surface area (Å²) in [7, 11) is 0. The highest BCUT2D eigenvalue weighted by Gasteiger charge is 2.11. The van der Waals surface area contributed by atoms with Crippen molar-refractivity contribution in [2.24, 2.45) is 0 Å². The molecule has 5 heteroatoms. The minimum atomic E-state index is -1.26. The van der Waals surface area contributed by atoms with Gasteiger partial charge in [-0.3, -0.25) is 0 Å². The van der Waals surface area contributed by atoms with Gasteiger partial charge in [0.1, 0.15) is 11.6 Å². The summed E-state index contributed by atoms with van der Waals surface area (Å²) in [5.41, 5.74) is 0.365. The molecule has 1 atom stereocenters. The largest absolute Gasteiger partial charge is 0.478 e. The van der Waals surface area contributed by atoms with Crippen LogP contribution in [0.4, 0.5) is 4.39 Å². The molecule has 0 fully saturated rings. The van der Waals surface area contributed by atoms with Gasteiger partial charge in [0, 0.05) is 6.54 Å². The lowest BCUT2D eigenvalue weighted by molar-refractivity contribution is 0.0692. The first-order valence-corrected chi connectivity index (χ1v) is 5.86. The third-order valence-electron chi connectivity index (χ3n) is 2.85. The molecule has 0 spiro atoms. The minimum Gasteiger partial charge on any atom is -0.478 e. The molecule has 0 aliphatic carbocycles. The summed E-state index contributed by atoms with van der Waals surface area (Å²) in [6.45, 7) is 2.36. The molecule has 0 unspecified atom stereocenters. The molecule has 1 aromatic carbocycles. The summed E-state index contributed by atoms with van der Waals surface area (Å²) in [5, 5.41) is 11.9. The SMILES string of the molecule is C[C@H](NCc1ccc(C(=O)O)c(F)c1)c1ccco1. The lowest BCUT2D eigenvalue weighted by Crippen LogP contribution is -2.17. The molecule has 0 amide bonds. The maximum absolute atomic E-state index is 13.5. The molecule has 0 aliphatic heterocycles. The number of nitrogens with one attached hydrogen (secondary N) is 1. The third-order valence-corrected chi connectivity index (χ3v) is 2.85. The van der Waals surface area contributed by atoms with Crippen LogP contribution in [0.5, 0.6) is 0 Å². The zero-order valence-electron chi connectivity index (χ0n) is 10.4. The van der Waals surface area contributed by atoms with Crippen LogP contribution in [0.1, 0.15) is 34.6 Å². The smallest absolute Gasteiger partial charge is 0.338 e. The summed E-state index contributed by atoms with van der Waals surface area (Å²) in [5.74, 6) is -1.19. The molecule has 0 saturated heterocycles. The summed E-state index contributed by atoms with van der Waals surface area (Å²) < 4.78 is 18.7. The van der Waals surface area contributed by atoms with Crippen LogP contribution in [0.3, 0.4) is 0 Å². The van der Waals surface area contributed by atoms with E-state index in [0.717, 1.165) is 5.76 Å². The molecule has 4 nitrogen and oxygen atoms in total. The van der Waals surface area contributed by atoms with Crippen LogP contribution in [-0.2, 0) is 6.54 Å². The molecule has 1 heterocycles. The van der Waals surface area contributed by atoms with Gasteiger partial charge in [-0.2, -0.15) is 0 Å². The molecule has 2 aromatic rings. The molecular weight excluding hydrogens is 249 g/mol. The van der Waals surface area contributed by atoms with Gasteiger partial charge in [0.05, 0.1) is 17.9 Å². The zero-order chi connectivity index (χ0) is 13.8. The van der Waals surface area contributed by atoms with E-state index >= 15 is 0 Å². The monoisotopic (exact) mass is 263 g/mol. The van der Waals surface area contributed by atoms with Crippen LogP contribution in [0, 0.1) is 5.82 Å². The van der Waals surface area contributed by atoms with E-state index in [9.17, 15) is 9.18 Å². The first kappa shape index (κ1) is 13.3. The van der Waals surface area contributed by atoms with Crippen molar-refractivity contribution >= 4 is 5.97 Å². The van der Waals surface area contributed by atoms with E-state index in [4.69, 9.17) is 9.52 Å². The van der Waals surface area contributed by atoms with Crippen molar-refractivity contribution in [2.75, 3.05) is 0 Å². The predicted octanol–water partition coefficient (Wildman–Crippen LogP) is 2.97. The Labute approximate surface area is 109 Å². The summed E-state index contributed by atoms with van der Waals surface area (Å²) in [4.78, 5) is 10.7. The lowest BCUT2D eigenvalue weighted by atomic mass is 10.1. The Balaban J connectivity index is 2.00. The molecule has 2 N–H and O–H groups in total. The van der Waals surface area contributed by atoms with Crippen molar-refractivity contribution in [2.45, 2.75) is 19.5 Å². The van der Waals surface area contributed by atoms with Crippen molar-refractivity contribution in [1.82, 2.24) is 5.32 Å². The zero-order valence-corrected chi connectivity index (χ0v) is 10.4. The number of hydrogen-bond donors (Lipinski definition) is 2. The van der Waals surface area contributed by atoms with Crippen LogP contribution >= 0.6 is 0 Å². The van der Waals surface area contributed by atoms with Crippen molar-refractivity contribution < 1.29 is 18.7 Å². The van der Waals surface area contributed by atoms with Crippen LogP contribution in [0.25, 0.3) is 0 Å². The predicted molar refractivity (Wildman–Crippen MR) is 67.3 cm³/mol. The van der Waals surface area contributed by atoms with Gasteiger partial charge < -0.3 is 14.8 Å². The van der Waals surface area contributed by atoms with Crippen molar-refractivity contribution in [3.05, 3.63) is 59.3 Å². The number of benzene rings is 1. The molecule has 1 aromatic heterocycles. The van der Waals surface area contributed by atoms with Gasteiger partial charge in [0.25, 0.3) is 0 Å². The Bertz CT molecular complexity index is 566. The van der Waals surface area contributed by atoms with E-state index in [1.54, 1.807) is 18.4 Å². The molecule has 0 radical (unpaired) electrons. The first-order chi connectivity index (χ1) is 9.08. The Morgan fingerprint density at radius 3 is 2.84 bits per heavy atom. The van der Waals surface area contributed by atoms with Gasteiger partial charge in [0.2, 0.25) is 0 Å². The lowest BCUT2D eigenvalue weighted by Gasteiger charge is -2.11. The standard InChI is InChI=1S/C14H14FNO3/c1-9(13-3-2-6-19-13)16-8-10-4-5-11(14(17)18)12(15)7-10/h2-7,9,16H,8H2,1H3,(H,17,18)/t9-/m0/s1. The van der Waals surface area contributed by atoms with Crippen molar-refractivity contribution in [1.29, 1.82) is 0 Å². The first-order valence-electron chi connectivity index (χ1n) is 5.86. The number of furan rings is 1. The van der Waals surface area contributed by atoms with Crippen molar-refractivity contribution in [3.63, 3.8) is 0 Å². The average molecular weight is 263 g/mol. The van der Waals surface area contributed by atoms with Crippen LogP contribution in [0.15, 0.2) is 41.0 Å². The third kappa shape index (κ3) is 3.20. The second kappa shape index (κ2) is 5.67. The van der Waals surface area contributed by atoms with E-state index < -0.39 is 11.8 Å². The van der Waals surface area contributed by atoms with E-state index in [1.165, 1.54) is 12.1 Å². The fourth-order valence-electron chi connectivity index (χ4n) is 1.75. The quantitative estimate of drug-likeness (QED) is 0.870. The number of halogens is 1. The van der Waals surface area contributed by atoms with Gasteiger partial charge in [-0.15, -0.1) is 0 Å². The molecule has 0 bridgehead atoms. The highest BCUT2D eigenvalue weighted by molar-refractivity contribution is 5.87. The Morgan fingerprint density at radius 2 is 2.26 bits per heavy atom. The minimum absolute atomic E-state index is 0.00258. The number of carboxylic acids is 1. The van der Waals surface area contributed by atoms with E-state index in [1.807, 2.05) is 13.0 Å². The number of hydrogen-bond acceptors (Lipinski definition) is 3. The summed E-state index contributed by atoms with van der Waals surface area (Å²) in [6, 6.07) is 7.74. The van der Waals surface area contributed by atoms with Gasteiger partial charge >= 0.3 is 5.97 Å². The Hall–Kier alpha value is -2.14. The molecular formula is C14H14FNO3. The molecule has 100 valence electrons. The molecule has 0 saturated carbocycles. The van der Waals surface area contributed by atoms with E-state index in [-0.39, 0.29) is 11.6 Å². The number of carboxylic acid groups (broad SMARTS) is 1. The number of aromatic carboxylic acids is 1. The average Bonchev–Trinajstić information content (AvgIpc) is 2.89. The van der Waals surface area contributed by atoms with Crippen molar-refractivity contribution in [3.8, 4) is 0 Å². The van der Waals surface area contributed by atoms with Gasteiger partial charge in [-0.05, 0) is 36.8 Å². The van der Waals surface area contributed by atoms with Crippen LogP contribution in [0.2, 0.25) is 0 Å². The summed E-state index contributed by atoms with van der Waals surface area (Å²) in [6.07, 6.45) is 1.59. The fourth-order valence-corrected chi connectivity index (χ4v) is 1.75. The van der Waals surface area contributed by atoms with Gasteiger partial charge in [0.15, 0.2) is 0 Å². The highest BCUT2D eigenvalue weighted by Crippen LogP contribution is 2.15. The highest BCUT2D eigenvalue weighted by atomic mass is 19.1. The maximum atomic E-state index is 13.5. The summed E-state index contributed by atoms with van der Waals surface area (Å²) >= 11 is 0. The topological polar surface area (TPSA) is 62.5 Å². The second-order valence-electron chi connectivity index (χ2n) is 4.24. The number of rotatable bonds is 5. The van der Waals surface area contributed by atoms with E-state index in [2.05, 4.69) is 5.32 Å². The second-order valence-corrected chi connectivity index (χ2v) is 4.24. The molecule has 19 heavy (non-hydrogen) atoms. The maximum Gasteiger partial charge on any atom is 0.338 e. The van der Waals surface area contributed by atoms with Gasteiger partial charge in [-0.1, -0.05) is 6.07 Å². The Kier molecular flexibility index (Phi) is 3.97. The van der Waals surface area contributed by atoms with Crippen LogP contribution in [-0.4, -0.2) is 11.1 Å². The molecule has 0 aliphatic rings. The normalized spacial score (nSPS) is 12.3. The Morgan fingerprint density at radius 1 is 1.47 bits per heavy atom.